The van der Waals surface area contributed by atoms with Gasteiger partial charge in [-0.15, -0.1) is 10.2 Å². The van der Waals surface area contributed by atoms with Gasteiger partial charge in [-0.05, 0) is 39.1 Å². The average Bonchev–Trinajstić information content (AvgIpc) is 2.96. The van der Waals surface area contributed by atoms with Crippen LogP contribution in [-0.4, -0.2) is 56.7 Å². The lowest BCUT2D eigenvalue weighted by Crippen LogP contribution is -2.55. The Hall–Kier alpha value is -1.73. The van der Waals surface area contributed by atoms with Crippen molar-refractivity contribution in [1.29, 1.82) is 0 Å². The molecular weight excluding hydrogens is 356 g/mol. The maximum absolute atomic E-state index is 4.48. The predicted molar refractivity (Wildman–Crippen MR) is 94.9 cm³/mol. The van der Waals surface area contributed by atoms with E-state index in [4.69, 9.17) is 0 Å². The lowest BCUT2D eigenvalue weighted by atomic mass is 10.1. The molecule has 0 bridgehead atoms. The highest BCUT2D eigenvalue weighted by atomic mass is 79.9. The van der Waals surface area contributed by atoms with E-state index in [0.717, 1.165) is 40.2 Å². The molecular formula is C16H19BrN6. The number of fused-ring (bicyclic) bond motifs is 3. The van der Waals surface area contributed by atoms with Gasteiger partial charge in [0, 0.05) is 29.6 Å². The molecule has 4 rings (SSSR count). The van der Waals surface area contributed by atoms with Crippen LogP contribution in [0.3, 0.4) is 0 Å². The zero-order valence-corrected chi connectivity index (χ0v) is 15.0. The second-order valence-corrected chi connectivity index (χ2v) is 7.27. The smallest absolute Gasteiger partial charge is 0.232 e. The van der Waals surface area contributed by atoms with Gasteiger partial charge in [0.2, 0.25) is 5.95 Å². The lowest BCUT2D eigenvalue weighted by molar-refractivity contribution is 0.169. The van der Waals surface area contributed by atoms with Gasteiger partial charge in [0.15, 0.2) is 5.65 Å². The second kappa shape index (κ2) is 5.42. The molecule has 2 atom stereocenters. The molecule has 0 saturated carbocycles. The van der Waals surface area contributed by atoms with Crippen molar-refractivity contribution in [3.63, 3.8) is 0 Å². The van der Waals surface area contributed by atoms with Crippen LogP contribution in [0, 0.1) is 0 Å². The molecule has 1 fully saturated rings. The van der Waals surface area contributed by atoms with Gasteiger partial charge in [-0.3, -0.25) is 14.3 Å². The molecule has 6 nitrogen and oxygen atoms in total. The van der Waals surface area contributed by atoms with E-state index in [2.05, 4.69) is 72.3 Å². The van der Waals surface area contributed by atoms with Gasteiger partial charge in [-0.2, -0.15) is 0 Å². The summed E-state index contributed by atoms with van der Waals surface area (Å²) < 4.78 is 3.14. The zero-order chi connectivity index (χ0) is 16.1. The van der Waals surface area contributed by atoms with Crippen LogP contribution in [-0.2, 0) is 0 Å². The number of benzene rings is 1. The molecule has 3 aromatic rings. The summed E-state index contributed by atoms with van der Waals surface area (Å²) in [5.41, 5.74) is 2.75. The maximum atomic E-state index is 4.48. The van der Waals surface area contributed by atoms with E-state index in [1.165, 1.54) is 0 Å². The van der Waals surface area contributed by atoms with E-state index in [1.807, 2.05) is 12.1 Å². The lowest BCUT2D eigenvalue weighted by Gasteiger charge is -2.42. The highest BCUT2D eigenvalue weighted by Gasteiger charge is 2.29. The first-order valence-electron chi connectivity index (χ1n) is 7.81. The summed E-state index contributed by atoms with van der Waals surface area (Å²) in [6.45, 7) is 6.39. The van der Waals surface area contributed by atoms with Crippen molar-refractivity contribution in [2.24, 2.45) is 0 Å². The van der Waals surface area contributed by atoms with Crippen molar-refractivity contribution in [2.45, 2.75) is 25.9 Å². The summed E-state index contributed by atoms with van der Waals surface area (Å²) in [5, 5.41) is 8.78. The van der Waals surface area contributed by atoms with Crippen LogP contribution >= 0.6 is 15.9 Å². The van der Waals surface area contributed by atoms with Crippen LogP contribution in [0.15, 0.2) is 28.9 Å². The normalized spacial score (nSPS) is 23.0. The van der Waals surface area contributed by atoms with Crippen LogP contribution in [0.4, 0.5) is 5.95 Å². The van der Waals surface area contributed by atoms with Crippen molar-refractivity contribution in [2.75, 3.05) is 25.0 Å². The highest BCUT2D eigenvalue weighted by molar-refractivity contribution is 9.10. The van der Waals surface area contributed by atoms with Crippen molar-refractivity contribution < 1.29 is 0 Å². The molecule has 1 aromatic carbocycles. The highest BCUT2D eigenvalue weighted by Crippen LogP contribution is 2.25. The fourth-order valence-corrected chi connectivity index (χ4v) is 3.64. The van der Waals surface area contributed by atoms with E-state index < -0.39 is 0 Å². The number of anilines is 1. The van der Waals surface area contributed by atoms with Gasteiger partial charge in [0.25, 0.3) is 0 Å². The van der Waals surface area contributed by atoms with E-state index >= 15 is 0 Å². The number of nitrogens with zero attached hydrogens (tertiary/aromatic N) is 6. The monoisotopic (exact) mass is 374 g/mol. The minimum Gasteiger partial charge on any atom is -0.337 e. The third-order valence-corrected chi connectivity index (χ3v) is 5.30. The Morgan fingerprint density at radius 1 is 1.13 bits per heavy atom. The summed E-state index contributed by atoms with van der Waals surface area (Å²) >= 11 is 3.55. The first-order valence-corrected chi connectivity index (χ1v) is 8.60. The number of piperazine rings is 1. The predicted octanol–water partition coefficient (Wildman–Crippen LogP) is 2.57. The summed E-state index contributed by atoms with van der Waals surface area (Å²) in [5.74, 6) is 0.900. The van der Waals surface area contributed by atoms with Crippen LogP contribution in [0.5, 0.6) is 0 Å². The molecule has 1 aliphatic rings. The molecule has 0 aliphatic carbocycles. The maximum Gasteiger partial charge on any atom is 0.232 e. The molecule has 0 N–H and O–H groups in total. The molecule has 120 valence electrons. The SMILES string of the molecule is C[C@@H]1CN(c2nnc3cnc4ccc(Br)cc4n23)C[C@H](C)N1C. The van der Waals surface area contributed by atoms with Crippen molar-refractivity contribution in [3.05, 3.63) is 28.9 Å². The van der Waals surface area contributed by atoms with Gasteiger partial charge >= 0.3 is 0 Å². The molecule has 23 heavy (non-hydrogen) atoms. The summed E-state index contributed by atoms with van der Waals surface area (Å²) in [4.78, 5) is 9.22. The van der Waals surface area contributed by atoms with Gasteiger partial charge in [0.1, 0.15) is 0 Å². The quantitative estimate of drug-likeness (QED) is 0.655. The van der Waals surface area contributed by atoms with Gasteiger partial charge in [-0.25, -0.2) is 0 Å². The molecule has 1 aliphatic heterocycles. The van der Waals surface area contributed by atoms with Crippen LogP contribution < -0.4 is 4.90 Å². The summed E-state index contributed by atoms with van der Waals surface area (Å²) in [6, 6.07) is 7.05. The molecule has 0 radical (unpaired) electrons. The Balaban J connectivity index is 1.89. The van der Waals surface area contributed by atoms with Crippen molar-refractivity contribution in [1.82, 2.24) is 24.5 Å². The Morgan fingerprint density at radius 3 is 2.61 bits per heavy atom. The third kappa shape index (κ3) is 2.38. The van der Waals surface area contributed by atoms with Gasteiger partial charge < -0.3 is 4.90 Å². The summed E-state index contributed by atoms with van der Waals surface area (Å²) in [7, 11) is 2.19. The van der Waals surface area contributed by atoms with E-state index in [1.54, 1.807) is 6.20 Å². The Morgan fingerprint density at radius 2 is 1.87 bits per heavy atom. The van der Waals surface area contributed by atoms with Crippen LogP contribution in [0.2, 0.25) is 0 Å². The number of likely N-dealkylation sites (N-methyl/N-ethyl adjacent to an activating group) is 1. The standard InChI is InChI=1S/C16H19BrN6/c1-10-8-22(9-11(2)21(10)3)16-20-19-15-7-18-13-5-4-12(17)6-14(13)23(15)16/h4-7,10-11H,8-9H2,1-3H3/t10-,11+. The number of hydrogen-bond acceptors (Lipinski definition) is 5. The molecule has 0 spiro atoms. The van der Waals surface area contributed by atoms with E-state index in [9.17, 15) is 0 Å². The Bertz CT molecular complexity index is 864. The average molecular weight is 375 g/mol. The van der Waals surface area contributed by atoms with Crippen molar-refractivity contribution >= 4 is 38.6 Å². The van der Waals surface area contributed by atoms with Crippen LogP contribution in [0.1, 0.15) is 13.8 Å². The van der Waals surface area contributed by atoms with Crippen LogP contribution in [0.25, 0.3) is 16.7 Å². The van der Waals surface area contributed by atoms with E-state index in [0.29, 0.717) is 12.1 Å². The Labute approximate surface area is 143 Å². The van der Waals surface area contributed by atoms with Crippen molar-refractivity contribution in [3.8, 4) is 0 Å². The zero-order valence-electron chi connectivity index (χ0n) is 13.4. The number of halogens is 1. The minimum atomic E-state index is 0.478. The minimum absolute atomic E-state index is 0.478. The molecule has 0 unspecified atom stereocenters. The Kier molecular flexibility index (Phi) is 3.50. The number of hydrogen-bond donors (Lipinski definition) is 0. The molecule has 2 aromatic heterocycles. The fraction of sp³-hybridized carbons (Fsp3) is 0.438. The van der Waals surface area contributed by atoms with E-state index in [-0.39, 0.29) is 0 Å². The first kappa shape index (κ1) is 14.8. The van der Waals surface area contributed by atoms with Gasteiger partial charge in [-0.1, -0.05) is 15.9 Å². The fourth-order valence-electron chi connectivity index (χ4n) is 3.29. The molecule has 7 heteroatoms. The number of aromatic nitrogens is 4. The first-order chi connectivity index (χ1) is 11.0. The largest absolute Gasteiger partial charge is 0.337 e. The number of rotatable bonds is 1. The summed E-state index contributed by atoms with van der Waals surface area (Å²) in [6.07, 6.45) is 1.79. The third-order valence-electron chi connectivity index (χ3n) is 4.81. The molecule has 1 saturated heterocycles. The van der Waals surface area contributed by atoms with Gasteiger partial charge in [0.05, 0.1) is 17.2 Å². The molecule has 3 heterocycles. The second-order valence-electron chi connectivity index (χ2n) is 6.35. The molecule has 0 amide bonds. The topological polar surface area (TPSA) is 49.6 Å².